The molecule has 2 rings (SSSR count). The Balaban J connectivity index is 1.74. The highest BCUT2D eigenvalue weighted by Crippen LogP contribution is 2.38. The molecule has 1 fully saturated rings. The van der Waals surface area contributed by atoms with Crippen LogP contribution in [0.15, 0.2) is 6.20 Å². The molecule has 0 saturated heterocycles. The van der Waals surface area contributed by atoms with Crippen LogP contribution in [0, 0.1) is 0 Å². The Bertz CT molecular complexity index is 297. The van der Waals surface area contributed by atoms with E-state index in [0.29, 0.717) is 0 Å². The predicted molar refractivity (Wildman–Crippen MR) is 62.3 cm³/mol. The standard InChI is InChI=1S/C11H18N2OS/c1-14-6-5-12-7-10-8-13-11(15-10)9-3-2-4-9/h8-9,12H,2-7H2,1H3. The van der Waals surface area contributed by atoms with Gasteiger partial charge in [0.2, 0.25) is 0 Å². The zero-order valence-corrected chi connectivity index (χ0v) is 9.98. The van der Waals surface area contributed by atoms with Gasteiger partial charge < -0.3 is 10.1 Å². The molecule has 1 aliphatic rings. The summed E-state index contributed by atoms with van der Waals surface area (Å²) in [6.45, 7) is 2.61. The van der Waals surface area contributed by atoms with Gasteiger partial charge in [-0.1, -0.05) is 6.42 Å². The lowest BCUT2D eigenvalue weighted by atomic mass is 9.86. The van der Waals surface area contributed by atoms with E-state index in [-0.39, 0.29) is 0 Å². The zero-order chi connectivity index (χ0) is 10.5. The third-order valence-electron chi connectivity index (χ3n) is 2.81. The molecule has 0 bridgehead atoms. The van der Waals surface area contributed by atoms with E-state index in [1.807, 2.05) is 17.5 Å². The summed E-state index contributed by atoms with van der Waals surface area (Å²) >= 11 is 1.86. The average molecular weight is 226 g/mol. The van der Waals surface area contributed by atoms with Crippen molar-refractivity contribution in [2.75, 3.05) is 20.3 Å². The molecule has 84 valence electrons. The Kier molecular flexibility index (Phi) is 4.11. The van der Waals surface area contributed by atoms with Gasteiger partial charge in [0.05, 0.1) is 11.6 Å². The third kappa shape index (κ3) is 3.00. The van der Waals surface area contributed by atoms with Crippen LogP contribution in [0.2, 0.25) is 0 Å². The first-order valence-electron chi connectivity index (χ1n) is 5.54. The maximum atomic E-state index is 4.98. The molecule has 0 spiro atoms. The summed E-state index contributed by atoms with van der Waals surface area (Å²) in [4.78, 5) is 5.83. The lowest BCUT2D eigenvalue weighted by molar-refractivity contribution is 0.199. The second-order valence-electron chi connectivity index (χ2n) is 3.96. The van der Waals surface area contributed by atoms with Crippen molar-refractivity contribution in [1.29, 1.82) is 0 Å². The minimum atomic E-state index is 0.766. The number of hydrogen-bond acceptors (Lipinski definition) is 4. The van der Waals surface area contributed by atoms with Crippen molar-refractivity contribution in [3.63, 3.8) is 0 Å². The van der Waals surface area contributed by atoms with Gasteiger partial charge in [-0.3, -0.25) is 0 Å². The van der Waals surface area contributed by atoms with Crippen molar-refractivity contribution in [3.05, 3.63) is 16.1 Å². The molecule has 0 unspecified atom stereocenters. The van der Waals surface area contributed by atoms with E-state index in [9.17, 15) is 0 Å². The van der Waals surface area contributed by atoms with Crippen LogP contribution in [0.1, 0.15) is 35.1 Å². The smallest absolute Gasteiger partial charge is 0.0959 e. The van der Waals surface area contributed by atoms with Crippen molar-refractivity contribution in [2.45, 2.75) is 31.7 Å². The Morgan fingerprint density at radius 2 is 2.47 bits per heavy atom. The Morgan fingerprint density at radius 3 is 3.13 bits per heavy atom. The number of thiazole rings is 1. The molecule has 0 aromatic carbocycles. The van der Waals surface area contributed by atoms with E-state index >= 15 is 0 Å². The van der Waals surface area contributed by atoms with Crippen LogP contribution in [-0.2, 0) is 11.3 Å². The molecule has 4 heteroatoms. The van der Waals surface area contributed by atoms with Gasteiger partial charge in [-0.2, -0.15) is 0 Å². The van der Waals surface area contributed by atoms with Gasteiger partial charge in [0.1, 0.15) is 0 Å². The van der Waals surface area contributed by atoms with Crippen molar-refractivity contribution in [3.8, 4) is 0 Å². The van der Waals surface area contributed by atoms with Gasteiger partial charge in [0, 0.05) is 37.2 Å². The fourth-order valence-electron chi connectivity index (χ4n) is 1.63. The van der Waals surface area contributed by atoms with Crippen LogP contribution in [0.4, 0.5) is 0 Å². The van der Waals surface area contributed by atoms with Crippen molar-refractivity contribution in [2.24, 2.45) is 0 Å². The molecule has 0 radical (unpaired) electrons. The molecule has 0 amide bonds. The minimum Gasteiger partial charge on any atom is -0.383 e. The normalized spacial score (nSPS) is 16.6. The minimum absolute atomic E-state index is 0.766. The monoisotopic (exact) mass is 226 g/mol. The summed E-state index contributed by atoms with van der Waals surface area (Å²) in [5.41, 5.74) is 0. The molecule has 1 saturated carbocycles. The maximum Gasteiger partial charge on any atom is 0.0959 e. The molecule has 1 aromatic heterocycles. The van der Waals surface area contributed by atoms with Gasteiger partial charge >= 0.3 is 0 Å². The summed E-state index contributed by atoms with van der Waals surface area (Å²) in [6.07, 6.45) is 6.07. The van der Waals surface area contributed by atoms with Gasteiger partial charge in [-0.15, -0.1) is 11.3 Å². The van der Waals surface area contributed by atoms with Crippen LogP contribution >= 0.6 is 11.3 Å². The highest BCUT2D eigenvalue weighted by atomic mass is 32.1. The molecule has 1 aliphatic carbocycles. The first-order valence-corrected chi connectivity index (χ1v) is 6.36. The first kappa shape index (κ1) is 11.0. The Labute approximate surface area is 94.9 Å². The Hall–Kier alpha value is -0.450. The van der Waals surface area contributed by atoms with Crippen LogP contribution in [0.5, 0.6) is 0 Å². The molecule has 1 aromatic rings. The van der Waals surface area contributed by atoms with Crippen molar-refractivity contribution in [1.82, 2.24) is 10.3 Å². The molecule has 0 atom stereocenters. The number of nitrogens with one attached hydrogen (secondary N) is 1. The van der Waals surface area contributed by atoms with E-state index in [2.05, 4.69) is 10.3 Å². The molecule has 0 aliphatic heterocycles. The van der Waals surface area contributed by atoms with E-state index in [1.54, 1.807) is 7.11 Å². The SMILES string of the molecule is COCCNCc1cnc(C2CCC2)s1. The number of hydrogen-bond donors (Lipinski definition) is 1. The van der Waals surface area contributed by atoms with Crippen molar-refractivity contribution < 1.29 is 4.74 Å². The van der Waals surface area contributed by atoms with E-state index < -0.39 is 0 Å². The summed E-state index contributed by atoms with van der Waals surface area (Å²) in [7, 11) is 1.73. The first-order chi connectivity index (χ1) is 7.40. The van der Waals surface area contributed by atoms with Crippen molar-refractivity contribution >= 4 is 11.3 Å². The highest BCUT2D eigenvalue weighted by Gasteiger charge is 2.22. The van der Waals surface area contributed by atoms with Crippen LogP contribution in [0.25, 0.3) is 0 Å². The summed E-state index contributed by atoms with van der Waals surface area (Å²) in [5, 5.41) is 4.67. The second-order valence-corrected chi connectivity index (χ2v) is 5.11. The van der Waals surface area contributed by atoms with Gasteiger partial charge in [0.15, 0.2) is 0 Å². The van der Waals surface area contributed by atoms with E-state index in [4.69, 9.17) is 4.74 Å². The van der Waals surface area contributed by atoms with Crippen LogP contribution in [-0.4, -0.2) is 25.2 Å². The number of nitrogens with zero attached hydrogens (tertiary/aromatic N) is 1. The zero-order valence-electron chi connectivity index (χ0n) is 9.16. The number of ether oxygens (including phenoxy) is 1. The number of aromatic nitrogens is 1. The second kappa shape index (κ2) is 5.58. The van der Waals surface area contributed by atoms with E-state index in [1.165, 1.54) is 29.1 Å². The molecule has 3 nitrogen and oxygen atoms in total. The quantitative estimate of drug-likeness (QED) is 0.755. The molecule has 1 heterocycles. The predicted octanol–water partition coefficient (Wildman–Crippen LogP) is 2.15. The fourth-order valence-corrected chi connectivity index (χ4v) is 2.69. The topological polar surface area (TPSA) is 34.1 Å². The highest BCUT2D eigenvalue weighted by molar-refractivity contribution is 7.11. The van der Waals surface area contributed by atoms with Gasteiger partial charge in [-0.25, -0.2) is 4.98 Å². The van der Waals surface area contributed by atoms with E-state index in [0.717, 1.165) is 25.6 Å². The largest absolute Gasteiger partial charge is 0.383 e. The summed E-state index contributed by atoms with van der Waals surface area (Å²) in [5.74, 6) is 0.766. The molecular formula is C11H18N2OS. The van der Waals surface area contributed by atoms with Crippen LogP contribution < -0.4 is 5.32 Å². The van der Waals surface area contributed by atoms with Gasteiger partial charge in [0.25, 0.3) is 0 Å². The third-order valence-corrected chi connectivity index (χ3v) is 3.97. The number of methoxy groups -OCH3 is 1. The Morgan fingerprint density at radius 1 is 1.60 bits per heavy atom. The van der Waals surface area contributed by atoms with Crippen LogP contribution in [0.3, 0.4) is 0 Å². The maximum absolute atomic E-state index is 4.98. The van der Waals surface area contributed by atoms with Gasteiger partial charge in [-0.05, 0) is 12.8 Å². The average Bonchev–Trinajstić information content (AvgIpc) is 2.58. The molecule has 15 heavy (non-hydrogen) atoms. The molecular weight excluding hydrogens is 208 g/mol. The molecule has 1 N–H and O–H groups in total. The fraction of sp³-hybridized carbons (Fsp3) is 0.727. The lowest BCUT2D eigenvalue weighted by Gasteiger charge is -2.22. The number of rotatable bonds is 6. The summed E-state index contributed by atoms with van der Waals surface area (Å²) in [6, 6.07) is 0. The lowest BCUT2D eigenvalue weighted by Crippen LogP contribution is -2.17. The summed E-state index contributed by atoms with van der Waals surface area (Å²) < 4.78 is 4.98.